The van der Waals surface area contributed by atoms with E-state index in [9.17, 15) is 30.3 Å². The van der Waals surface area contributed by atoms with Crippen LogP contribution in [0.5, 0.6) is 0 Å². The van der Waals surface area contributed by atoms with Crippen molar-refractivity contribution in [3.05, 3.63) is 107 Å². The Labute approximate surface area is 191 Å². The first kappa shape index (κ1) is 25.5. The van der Waals surface area contributed by atoms with E-state index in [-0.39, 0.29) is 41.1 Å². The lowest BCUT2D eigenvalue weighted by Gasteiger charge is -2.32. The van der Waals surface area contributed by atoms with Gasteiger partial charge in [0, 0.05) is 28.7 Å². The van der Waals surface area contributed by atoms with Crippen molar-refractivity contribution in [1.82, 2.24) is 0 Å². The first-order valence-corrected chi connectivity index (χ1v) is 9.63. The molecule has 0 fully saturated rings. The molecule has 3 rings (SSSR count). The molecule has 0 amide bonds. The minimum Gasteiger partial charge on any atom is -0.480 e. The van der Waals surface area contributed by atoms with Crippen LogP contribution in [0.1, 0.15) is 34.7 Å². The highest BCUT2D eigenvalue weighted by molar-refractivity contribution is 5.85. The van der Waals surface area contributed by atoms with Gasteiger partial charge in [-0.05, 0) is 18.6 Å². The maximum atomic E-state index is 11.4. The van der Waals surface area contributed by atoms with Crippen molar-refractivity contribution in [1.29, 1.82) is 0 Å². The molecule has 8 heteroatoms. The second-order valence-electron chi connectivity index (χ2n) is 7.86. The highest BCUT2D eigenvalue weighted by Gasteiger charge is 2.40. The molecule has 32 heavy (non-hydrogen) atoms. The van der Waals surface area contributed by atoms with Crippen LogP contribution in [-0.4, -0.2) is 37.0 Å². The van der Waals surface area contributed by atoms with Crippen molar-refractivity contribution in [2.24, 2.45) is 5.73 Å². The van der Waals surface area contributed by atoms with E-state index < -0.39 is 23.1 Å². The number of hydrogen-bond acceptors (Lipinski definition) is 6. The average Bonchev–Trinajstić information content (AvgIpc) is 2.74. The van der Waals surface area contributed by atoms with Gasteiger partial charge in [-0.15, -0.1) is 12.4 Å². The monoisotopic (exact) mass is 459 g/mol. The van der Waals surface area contributed by atoms with E-state index in [0.29, 0.717) is 5.56 Å². The van der Waals surface area contributed by atoms with E-state index in [4.69, 9.17) is 5.73 Å². The Morgan fingerprint density at radius 2 is 1.22 bits per heavy atom. The first-order valence-electron chi connectivity index (χ1n) is 9.63. The van der Waals surface area contributed by atoms with Crippen LogP contribution in [0.25, 0.3) is 0 Å². The second kappa shape index (κ2) is 9.38. The fraction of sp³-hybridized carbons (Fsp3) is 0.208. The van der Waals surface area contributed by atoms with Gasteiger partial charge in [-0.25, -0.2) is 0 Å². The highest BCUT2D eigenvalue weighted by atomic mass is 35.5. The Morgan fingerprint density at radius 1 is 0.781 bits per heavy atom. The van der Waals surface area contributed by atoms with Gasteiger partial charge < -0.3 is 31.3 Å². The third kappa shape index (κ3) is 4.99. The van der Waals surface area contributed by atoms with Crippen molar-refractivity contribution in [2.45, 2.75) is 30.5 Å². The molecule has 1 atom stereocenters. The summed E-state index contributed by atoms with van der Waals surface area (Å²) in [4.78, 5) is 11.4. The quantitative estimate of drug-likeness (QED) is 0.296. The normalized spacial score (nSPS) is 13.7. The van der Waals surface area contributed by atoms with Gasteiger partial charge in [-0.3, -0.25) is 4.79 Å². The van der Waals surface area contributed by atoms with Crippen LogP contribution in [0, 0.1) is 0 Å². The summed E-state index contributed by atoms with van der Waals surface area (Å²) in [6.45, 7) is 1.34. The number of aliphatic hydroxyl groups is 4. The largest absolute Gasteiger partial charge is 0.480 e. The van der Waals surface area contributed by atoms with Gasteiger partial charge in [0.15, 0.2) is 0 Å². The molecule has 0 bridgehead atoms. The molecule has 7 N–H and O–H groups in total. The molecule has 0 heterocycles. The smallest absolute Gasteiger partial charge is 0.323 e. The minimum atomic E-state index is -2.59. The molecule has 3 aromatic carbocycles. The van der Waals surface area contributed by atoms with E-state index in [2.05, 4.69) is 0 Å². The summed E-state index contributed by atoms with van der Waals surface area (Å²) in [5.74, 6) is -6.35. The second-order valence-corrected chi connectivity index (χ2v) is 7.86. The van der Waals surface area contributed by atoms with Crippen LogP contribution < -0.4 is 5.73 Å². The maximum absolute atomic E-state index is 11.4. The number of carboxylic acids is 1. The van der Waals surface area contributed by atoms with Gasteiger partial charge in [0.2, 0.25) is 11.6 Å². The molecule has 0 aromatic heterocycles. The van der Waals surface area contributed by atoms with E-state index >= 15 is 0 Å². The maximum Gasteiger partial charge on any atom is 0.323 e. The summed E-state index contributed by atoms with van der Waals surface area (Å²) >= 11 is 0. The van der Waals surface area contributed by atoms with Gasteiger partial charge in [0.25, 0.3) is 0 Å². The molecule has 0 spiro atoms. The van der Waals surface area contributed by atoms with Crippen LogP contribution in [0.2, 0.25) is 0 Å². The summed E-state index contributed by atoms with van der Waals surface area (Å²) < 4.78 is 0. The van der Waals surface area contributed by atoms with Crippen LogP contribution in [0.3, 0.4) is 0 Å². The molecule has 170 valence electrons. The lowest BCUT2D eigenvalue weighted by Crippen LogP contribution is -2.47. The predicted molar refractivity (Wildman–Crippen MR) is 121 cm³/mol. The van der Waals surface area contributed by atoms with Gasteiger partial charge in [0.1, 0.15) is 5.54 Å². The number of aliphatic carboxylic acids is 1. The Kier molecular flexibility index (Phi) is 7.47. The fourth-order valence-corrected chi connectivity index (χ4v) is 3.45. The third-order valence-electron chi connectivity index (χ3n) is 5.25. The SMILES string of the molecule is C[C@](N)(Cc1ccc(C(O)(O)c2ccccc2)c(C(O)(O)c2ccccc2)c1)C(=O)O.Cl. The van der Waals surface area contributed by atoms with Crippen LogP contribution in [-0.2, 0) is 22.8 Å². The summed E-state index contributed by atoms with van der Waals surface area (Å²) in [7, 11) is 0. The number of hydrogen-bond donors (Lipinski definition) is 6. The average molecular weight is 460 g/mol. The molecule has 0 aliphatic heterocycles. The Balaban J connectivity index is 0.00000363. The lowest BCUT2D eigenvalue weighted by atomic mass is 9.84. The van der Waals surface area contributed by atoms with E-state index in [0.717, 1.165) is 0 Å². The Bertz CT molecular complexity index is 1070. The van der Waals surface area contributed by atoms with Crippen molar-refractivity contribution >= 4 is 18.4 Å². The number of carbonyl (C=O) groups is 1. The van der Waals surface area contributed by atoms with Crippen molar-refractivity contribution < 1.29 is 30.3 Å². The molecule has 3 aromatic rings. The molecule has 0 saturated heterocycles. The predicted octanol–water partition coefficient (Wildman–Crippen LogP) is 1.82. The number of nitrogens with two attached hydrogens (primary N) is 1. The molecule has 0 saturated carbocycles. The van der Waals surface area contributed by atoms with Gasteiger partial charge >= 0.3 is 5.97 Å². The van der Waals surface area contributed by atoms with Gasteiger partial charge in [0.05, 0.1) is 0 Å². The van der Waals surface area contributed by atoms with Crippen molar-refractivity contribution in [2.75, 3.05) is 0 Å². The van der Waals surface area contributed by atoms with Crippen molar-refractivity contribution in [3.8, 4) is 0 Å². The fourth-order valence-electron chi connectivity index (χ4n) is 3.45. The molecular formula is C24H26ClNO6. The zero-order valence-electron chi connectivity index (χ0n) is 17.3. The zero-order valence-corrected chi connectivity index (χ0v) is 18.2. The molecule has 0 aliphatic rings. The molecule has 0 aliphatic carbocycles. The van der Waals surface area contributed by atoms with E-state index in [1.807, 2.05) is 0 Å². The molecule has 7 nitrogen and oxygen atoms in total. The van der Waals surface area contributed by atoms with Crippen LogP contribution in [0.15, 0.2) is 78.9 Å². The molecular weight excluding hydrogens is 434 g/mol. The van der Waals surface area contributed by atoms with Gasteiger partial charge in [-0.2, -0.15) is 0 Å². The van der Waals surface area contributed by atoms with Crippen LogP contribution in [0.4, 0.5) is 0 Å². The van der Waals surface area contributed by atoms with E-state index in [1.54, 1.807) is 36.4 Å². The number of carboxylic acid groups (broad SMARTS) is 1. The summed E-state index contributed by atoms with van der Waals surface area (Å²) in [5.41, 5.74) is 4.50. The third-order valence-corrected chi connectivity index (χ3v) is 5.25. The summed E-state index contributed by atoms with van der Waals surface area (Å²) in [5, 5.41) is 53.4. The number of halogens is 1. The number of rotatable bonds is 7. The van der Waals surface area contributed by atoms with Crippen LogP contribution >= 0.6 is 12.4 Å². The highest BCUT2D eigenvalue weighted by Crippen LogP contribution is 2.37. The Morgan fingerprint density at radius 3 is 1.66 bits per heavy atom. The number of benzene rings is 3. The first-order chi connectivity index (χ1) is 14.5. The van der Waals surface area contributed by atoms with E-state index in [1.165, 1.54) is 49.4 Å². The molecule has 0 unspecified atom stereocenters. The summed E-state index contributed by atoms with van der Waals surface area (Å²) in [6, 6.07) is 20.0. The Hall–Kier alpha value is -2.78. The van der Waals surface area contributed by atoms with Crippen molar-refractivity contribution in [3.63, 3.8) is 0 Å². The summed E-state index contributed by atoms with van der Waals surface area (Å²) in [6.07, 6.45) is -0.115. The molecule has 0 radical (unpaired) electrons. The van der Waals surface area contributed by atoms with Gasteiger partial charge in [-0.1, -0.05) is 72.8 Å². The zero-order chi connectivity index (χ0) is 22.9. The topological polar surface area (TPSA) is 144 Å². The standard InChI is InChI=1S/C24H25NO6.ClH/c1-22(25,21(26)27)15-16-12-13-19(23(28,29)17-8-4-2-5-9-17)20(14-16)24(30,31)18-10-6-3-7-11-18;/h2-14,28-31H,15,25H2,1H3,(H,26,27);1H/t22-;/m0./s1. The lowest BCUT2D eigenvalue weighted by molar-refractivity contribution is -0.154. The minimum absolute atomic E-state index is 0.